The van der Waals surface area contributed by atoms with E-state index in [-0.39, 0.29) is 30.1 Å². The Morgan fingerprint density at radius 2 is 1.86 bits per heavy atom. The molecule has 218 valence electrons. The lowest BCUT2D eigenvalue weighted by atomic mass is 9.83. The molecule has 1 heterocycles. The molecule has 0 spiro atoms. The van der Waals surface area contributed by atoms with Crippen molar-refractivity contribution < 1.29 is 20.1 Å². The Hall–Kier alpha value is -3.16. The zero-order valence-electron chi connectivity index (χ0n) is 23.8. The average Bonchev–Trinajstić information content (AvgIpc) is 3.72. The van der Waals surface area contributed by atoms with Crippen LogP contribution in [0.15, 0.2) is 78.9 Å². The summed E-state index contributed by atoms with van der Waals surface area (Å²) >= 11 is 8.02. The third kappa shape index (κ3) is 7.24. The maximum absolute atomic E-state index is 11.2. The molecule has 3 aromatic carbocycles. The van der Waals surface area contributed by atoms with Gasteiger partial charge >= 0.3 is 5.97 Å². The van der Waals surface area contributed by atoms with E-state index >= 15 is 0 Å². The van der Waals surface area contributed by atoms with E-state index < -0.39 is 11.6 Å². The van der Waals surface area contributed by atoms with Gasteiger partial charge in [-0.05, 0) is 83.4 Å². The molecule has 0 bridgehead atoms. The first-order chi connectivity index (χ1) is 20.1. The second-order valence-electron chi connectivity index (χ2n) is 11.5. The molecule has 1 aliphatic carbocycles. The molecule has 5 nitrogen and oxygen atoms in total. The number of rotatable bonds is 12. The molecule has 0 saturated heterocycles. The quantitative estimate of drug-likeness (QED) is 0.153. The smallest absolute Gasteiger partial charge is 0.303 e. The highest BCUT2D eigenvalue weighted by molar-refractivity contribution is 7.99. The molecule has 0 amide bonds. The van der Waals surface area contributed by atoms with Crippen LogP contribution in [-0.4, -0.2) is 38.6 Å². The van der Waals surface area contributed by atoms with Crippen molar-refractivity contribution in [3.05, 3.63) is 112 Å². The average molecular weight is 602 g/mol. The number of hydrogen-bond donors (Lipinski definition) is 3. The monoisotopic (exact) mass is 601 g/mol. The van der Waals surface area contributed by atoms with Crippen LogP contribution in [0, 0.1) is 11.8 Å². The molecular weight excluding hydrogens is 566 g/mol. The minimum absolute atomic E-state index is 0.0204. The van der Waals surface area contributed by atoms with E-state index in [4.69, 9.17) is 16.6 Å². The zero-order chi connectivity index (χ0) is 29.9. The van der Waals surface area contributed by atoms with E-state index in [9.17, 15) is 20.1 Å². The van der Waals surface area contributed by atoms with Crippen LogP contribution in [0.4, 0.5) is 0 Å². The first-order valence-electron chi connectivity index (χ1n) is 14.2. The van der Waals surface area contributed by atoms with Gasteiger partial charge in [-0.25, -0.2) is 4.98 Å². The summed E-state index contributed by atoms with van der Waals surface area (Å²) in [5.74, 6) is 0.794. The number of carboxylic acids is 1. The van der Waals surface area contributed by atoms with Gasteiger partial charge < -0.3 is 15.3 Å². The summed E-state index contributed by atoms with van der Waals surface area (Å²) in [6.07, 6.45) is 5.23. The van der Waals surface area contributed by atoms with Crippen LogP contribution >= 0.6 is 23.4 Å². The van der Waals surface area contributed by atoms with Gasteiger partial charge in [-0.1, -0.05) is 85.3 Å². The third-order valence-corrected chi connectivity index (χ3v) is 10.0. The predicted octanol–water partition coefficient (Wildman–Crippen LogP) is 7.95. The summed E-state index contributed by atoms with van der Waals surface area (Å²) in [5, 5.41) is 31.9. The van der Waals surface area contributed by atoms with Crippen LogP contribution in [0.2, 0.25) is 5.02 Å². The zero-order valence-corrected chi connectivity index (χ0v) is 25.4. The number of hydrogen-bond acceptors (Lipinski definition) is 5. The van der Waals surface area contributed by atoms with Gasteiger partial charge in [0.2, 0.25) is 0 Å². The van der Waals surface area contributed by atoms with Gasteiger partial charge in [0.05, 0.1) is 17.8 Å². The van der Waals surface area contributed by atoms with Crippen molar-refractivity contribution in [1.82, 2.24) is 4.98 Å². The first kappa shape index (κ1) is 30.3. The number of aromatic nitrogens is 1. The highest BCUT2D eigenvalue weighted by Crippen LogP contribution is 2.50. The van der Waals surface area contributed by atoms with Crippen LogP contribution in [-0.2, 0) is 10.4 Å². The number of benzene rings is 3. The van der Waals surface area contributed by atoms with Gasteiger partial charge in [-0.2, -0.15) is 11.8 Å². The first-order valence-corrected chi connectivity index (χ1v) is 15.7. The highest BCUT2D eigenvalue weighted by atomic mass is 35.5. The maximum Gasteiger partial charge on any atom is 0.303 e. The summed E-state index contributed by atoms with van der Waals surface area (Å²) < 4.78 is 0. The van der Waals surface area contributed by atoms with E-state index in [1.165, 1.54) is 0 Å². The van der Waals surface area contributed by atoms with Crippen molar-refractivity contribution in [3.8, 4) is 0 Å². The number of thioether (sulfide) groups is 1. The summed E-state index contributed by atoms with van der Waals surface area (Å²) in [6, 6.07) is 25.9. The molecule has 7 heteroatoms. The van der Waals surface area contributed by atoms with Crippen LogP contribution in [0.25, 0.3) is 23.1 Å². The number of aliphatic hydroxyl groups excluding tert-OH is 1. The molecule has 4 aromatic rings. The van der Waals surface area contributed by atoms with Gasteiger partial charge in [0.25, 0.3) is 0 Å². The second-order valence-corrected chi connectivity index (χ2v) is 13.1. The van der Waals surface area contributed by atoms with Crippen LogP contribution in [0.1, 0.15) is 65.8 Å². The molecule has 0 aliphatic heterocycles. The molecular formula is C35H36ClNO4S. The van der Waals surface area contributed by atoms with Gasteiger partial charge in [-0.15, -0.1) is 0 Å². The van der Waals surface area contributed by atoms with Crippen molar-refractivity contribution in [2.75, 3.05) is 12.4 Å². The lowest BCUT2D eigenvalue weighted by Gasteiger charge is -2.31. The van der Waals surface area contributed by atoms with E-state index in [0.717, 1.165) is 51.0 Å². The van der Waals surface area contributed by atoms with E-state index in [0.29, 0.717) is 10.9 Å². The van der Waals surface area contributed by atoms with Crippen molar-refractivity contribution in [3.63, 3.8) is 0 Å². The van der Waals surface area contributed by atoms with Crippen LogP contribution in [0.5, 0.6) is 0 Å². The molecule has 0 radical (unpaired) electrons. The Kier molecular flexibility index (Phi) is 9.38. The number of fused-ring (bicyclic) bond motifs is 1. The Bertz CT molecular complexity index is 1600. The van der Waals surface area contributed by atoms with Crippen molar-refractivity contribution in [2.24, 2.45) is 11.8 Å². The number of aliphatic hydroxyl groups is 2. The Morgan fingerprint density at radius 1 is 1.07 bits per heavy atom. The van der Waals surface area contributed by atoms with E-state index in [2.05, 4.69) is 37.3 Å². The molecule has 3 unspecified atom stereocenters. The molecule has 1 saturated carbocycles. The molecule has 1 aromatic heterocycles. The van der Waals surface area contributed by atoms with Gasteiger partial charge in [-0.3, -0.25) is 4.79 Å². The van der Waals surface area contributed by atoms with Gasteiger partial charge in [0.1, 0.15) is 5.60 Å². The fourth-order valence-electron chi connectivity index (χ4n) is 5.60. The Morgan fingerprint density at radius 3 is 2.64 bits per heavy atom. The highest BCUT2D eigenvalue weighted by Gasteiger charge is 2.39. The lowest BCUT2D eigenvalue weighted by molar-refractivity contribution is -0.137. The van der Waals surface area contributed by atoms with E-state index in [1.54, 1.807) is 6.92 Å². The molecule has 3 N–H and O–H groups in total. The third-order valence-electron chi connectivity index (χ3n) is 8.15. The number of carboxylic acid groups (broad SMARTS) is 1. The van der Waals surface area contributed by atoms with E-state index in [1.807, 2.05) is 72.4 Å². The number of nitrogens with zero attached hydrogens (tertiary/aromatic N) is 1. The minimum atomic E-state index is -1.36. The summed E-state index contributed by atoms with van der Waals surface area (Å²) in [6.45, 7) is 3.43. The topological polar surface area (TPSA) is 90.7 Å². The summed E-state index contributed by atoms with van der Waals surface area (Å²) in [5.41, 5.74) is 4.25. The van der Waals surface area contributed by atoms with Crippen molar-refractivity contribution in [2.45, 2.75) is 43.5 Å². The largest absolute Gasteiger partial charge is 0.481 e. The van der Waals surface area contributed by atoms with Crippen molar-refractivity contribution >= 4 is 52.4 Å². The number of pyridine rings is 1. The van der Waals surface area contributed by atoms with Crippen molar-refractivity contribution in [1.29, 1.82) is 0 Å². The molecule has 42 heavy (non-hydrogen) atoms. The normalized spacial score (nSPS) is 19.5. The van der Waals surface area contributed by atoms with Crippen LogP contribution in [0.3, 0.4) is 0 Å². The molecule has 5 atom stereocenters. The van der Waals surface area contributed by atoms with Gasteiger partial charge in [0.15, 0.2) is 0 Å². The molecule has 1 fully saturated rings. The summed E-state index contributed by atoms with van der Waals surface area (Å²) in [7, 11) is 0. The Balaban J connectivity index is 1.43. The van der Waals surface area contributed by atoms with Crippen LogP contribution < -0.4 is 0 Å². The lowest BCUT2D eigenvalue weighted by Crippen LogP contribution is -2.28. The maximum atomic E-state index is 11.2. The predicted molar refractivity (Wildman–Crippen MR) is 173 cm³/mol. The standard InChI is InChI=1S/C35H36ClNO4S/c1-22(30-8-3-4-9-31(30)35(2,41)21-38)34(42-20-27-17-26(27)18-33(39)40)25-7-5-6-23(16-25)10-14-29-15-12-24-11-13-28(36)19-32(24)37-29/h3-16,19,22,26-27,34,38,41H,17-18,20-21H2,1-2H3,(H,39,40)/b14-10+/t22?,26?,27?,34-,35-/m1/s1. The minimum Gasteiger partial charge on any atom is -0.481 e. The Labute approximate surface area is 256 Å². The number of halogens is 1. The molecule has 1 aliphatic rings. The fraction of sp³-hybridized carbons (Fsp3) is 0.314. The SMILES string of the molecule is CC(c1ccccc1[C@](C)(O)CO)[C@@H](SCC1CC1CC(=O)O)c1cccc(/C=C/c2ccc3ccc(Cl)cc3n2)c1. The number of carbonyl (C=O) groups is 1. The van der Waals surface area contributed by atoms with Gasteiger partial charge in [0, 0.05) is 22.1 Å². The fourth-order valence-corrected chi connectivity index (χ4v) is 7.40. The second kappa shape index (κ2) is 13.0. The molecule has 5 rings (SSSR count). The summed E-state index contributed by atoms with van der Waals surface area (Å²) in [4.78, 5) is 16.0. The number of aliphatic carboxylic acids is 1.